The Hall–Kier alpha value is -6.39. The Morgan fingerprint density at radius 3 is 1.87 bits per heavy atom. The van der Waals surface area contributed by atoms with E-state index >= 15 is 0 Å². The van der Waals surface area contributed by atoms with Gasteiger partial charge in [0, 0.05) is 44.6 Å². The van der Waals surface area contributed by atoms with Crippen molar-refractivity contribution in [3.05, 3.63) is 169 Å². The highest BCUT2D eigenvalue weighted by molar-refractivity contribution is 6.31. The van der Waals surface area contributed by atoms with Crippen molar-refractivity contribution >= 4 is 54.6 Å². The van der Waals surface area contributed by atoms with Crippen molar-refractivity contribution in [2.45, 2.75) is 39.0 Å². The fraction of sp³-hybridized carbons (Fsp3) is 0.122. The van der Waals surface area contributed by atoms with Gasteiger partial charge in [0.05, 0.1) is 44.5 Å². The number of imidazole rings is 1. The zero-order valence-corrected chi connectivity index (χ0v) is 30.1. The van der Waals surface area contributed by atoms with Crippen molar-refractivity contribution in [2.24, 2.45) is 0 Å². The summed E-state index contributed by atoms with van der Waals surface area (Å²) in [5.74, 6) is 1.09. The van der Waals surface area contributed by atoms with Gasteiger partial charge in [-0.1, -0.05) is 124 Å². The predicted molar refractivity (Wildman–Crippen MR) is 221 cm³/mol. The lowest BCUT2D eigenvalue weighted by molar-refractivity contribution is 0.667. The SMILES string of the molecule is CCCc1nc2ccccc2n1-c1ccccc1-n1c2ccccc2c2c1c1c(c3c4ccccc4n(-c4ccccc4)c32)C(C)(C)c2ccccc2-1. The number of aromatic nitrogens is 4. The first-order valence-corrected chi connectivity index (χ1v) is 18.8. The second kappa shape index (κ2) is 11.1. The molecule has 3 aromatic heterocycles. The van der Waals surface area contributed by atoms with Crippen LogP contribution in [-0.2, 0) is 11.8 Å². The molecule has 0 amide bonds. The number of hydrogen-bond donors (Lipinski definition) is 0. The molecular formula is C49H38N4. The van der Waals surface area contributed by atoms with Gasteiger partial charge in [-0.15, -0.1) is 0 Å². The Balaban J connectivity index is 1.42. The lowest BCUT2D eigenvalue weighted by atomic mass is 9.80. The van der Waals surface area contributed by atoms with E-state index in [-0.39, 0.29) is 5.41 Å². The van der Waals surface area contributed by atoms with Gasteiger partial charge >= 0.3 is 0 Å². The molecule has 0 radical (unpaired) electrons. The van der Waals surface area contributed by atoms with E-state index in [1.165, 1.54) is 71.6 Å². The van der Waals surface area contributed by atoms with Crippen LogP contribution in [0.1, 0.15) is 44.1 Å². The normalized spacial score (nSPS) is 13.5. The van der Waals surface area contributed by atoms with Crippen LogP contribution in [0.4, 0.5) is 0 Å². The first kappa shape index (κ1) is 30.3. The molecule has 3 heterocycles. The van der Waals surface area contributed by atoms with E-state index in [1.54, 1.807) is 0 Å². The van der Waals surface area contributed by atoms with Crippen LogP contribution in [0.2, 0.25) is 0 Å². The second-order valence-corrected chi connectivity index (χ2v) is 15.0. The predicted octanol–water partition coefficient (Wildman–Crippen LogP) is 12.5. The molecule has 0 bridgehead atoms. The van der Waals surface area contributed by atoms with Crippen molar-refractivity contribution < 1.29 is 0 Å². The van der Waals surface area contributed by atoms with Gasteiger partial charge in [-0.05, 0) is 71.6 Å². The van der Waals surface area contributed by atoms with Gasteiger partial charge in [-0.2, -0.15) is 0 Å². The lowest BCUT2D eigenvalue weighted by Gasteiger charge is -2.23. The zero-order chi connectivity index (χ0) is 35.4. The van der Waals surface area contributed by atoms with Crippen LogP contribution in [0, 0.1) is 0 Å². The molecule has 0 saturated heterocycles. The molecular weight excluding hydrogens is 645 g/mol. The minimum absolute atomic E-state index is 0.236. The fourth-order valence-corrected chi connectivity index (χ4v) is 9.63. The highest BCUT2D eigenvalue weighted by Crippen LogP contribution is 2.58. The number of hydrogen-bond acceptors (Lipinski definition) is 1. The summed E-state index contributed by atoms with van der Waals surface area (Å²) in [6.07, 6.45) is 1.91. The van der Waals surface area contributed by atoms with Crippen LogP contribution >= 0.6 is 0 Å². The maximum atomic E-state index is 5.19. The topological polar surface area (TPSA) is 27.7 Å². The third kappa shape index (κ3) is 3.98. The third-order valence-corrected chi connectivity index (χ3v) is 11.7. The average molecular weight is 683 g/mol. The summed E-state index contributed by atoms with van der Waals surface area (Å²) in [4.78, 5) is 5.19. The van der Waals surface area contributed by atoms with E-state index in [2.05, 4.69) is 186 Å². The molecule has 0 aliphatic heterocycles. The summed E-state index contributed by atoms with van der Waals surface area (Å²) >= 11 is 0. The fourth-order valence-electron chi connectivity index (χ4n) is 9.63. The summed E-state index contributed by atoms with van der Waals surface area (Å²) in [5, 5.41) is 5.16. The average Bonchev–Trinajstić information content (AvgIpc) is 3.90. The number of para-hydroxylation sites is 7. The molecule has 10 aromatic rings. The minimum Gasteiger partial charge on any atom is -0.309 e. The first-order valence-electron chi connectivity index (χ1n) is 18.8. The molecule has 0 atom stereocenters. The van der Waals surface area contributed by atoms with Crippen LogP contribution in [-0.4, -0.2) is 18.7 Å². The monoisotopic (exact) mass is 682 g/mol. The van der Waals surface area contributed by atoms with E-state index in [4.69, 9.17) is 4.98 Å². The minimum atomic E-state index is -0.236. The Bertz CT molecular complexity index is 3100. The van der Waals surface area contributed by atoms with Gasteiger partial charge < -0.3 is 9.13 Å². The number of rotatable bonds is 5. The van der Waals surface area contributed by atoms with E-state index in [9.17, 15) is 0 Å². The van der Waals surface area contributed by atoms with Gasteiger partial charge in [0.2, 0.25) is 0 Å². The van der Waals surface area contributed by atoms with Crippen molar-refractivity contribution in [2.75, 3.05) is 0 Å². The Morgan fingerprint density at radius 1 is 0.528 bits per heavy atom. The number of nitrogens with zero attached hydrogens (tertiary/aromatic N) is 4. The number of benzene rings is 7. The van der Waals surface area contributed by atoms with Crippen molar-refractivity contribution in [1.82, 2.24) is 18.7 Å². The number of fused-ring (bicyclic) bond motifs is 13. The molecule has 0 saturated carbocycles. The lowest BCUT2D eigenvalue weighted by Crippen LogP contribution is -2.15. The maximum absolute atomic E-state index is 5.19. The molecule has 0 fully saturated rings. The molecule has 0 spiro atoms. The standard InChI is InChI=1S/C49H38N4/c1-4-18-42-50-36-25-12-15-28-39(36)52(42)40-29-16-17-30-41(40)53-38-27-14-10-23-34(38)45-47-44(33-22-9-13-26-37(33)51(47)31-19-6-5-7-20-31)46-43(48(45)53)32-21-8-11-24-35(32)49(46,2)3/h5-17,19-30H,4,18H2,1-3H3. The summed E-state index contributed by atoms with van der Waals surface area (Å²) in [6, 6.07) is 55.6. The van der Waals surface area contributed by atoms with Gasteiger partial charge in [0.25, 0.3) is 0 Å². The molecule has 1 aliphatic rings. The molecule has 0 unspecified atom stereocenters. The Labute approximate surface area is 308 Å². The summed E-state index contributed by atoms with van der Waals surface area (Å²) in [5.41, 5.74) is 15.7. The maximum Gasteiger partial charge on any atom is 0.114 e. The Kier molecular flexibility index (Phi) is 6.31. The van der Waals surface area contributed by atoms with Crippen molar-refractivity contribution in [3.63, 3.8) is 0 Å². The molecule has 4 heteroatoms. The molecule has 4 nitrogen and oxygen atoms in total. The summed E-state index contributed by atoms with van der Waals surface area (Å²) in [6.45, 7) is 7.09. The van der Waals surface area contributed by atoms with Crippen molar-refractivity contribution in [3.8, 4) is 28.2 Å². The molecule has 1 aliphatic carbocycles. The van der Waals surface area contributed by atoms with Gasteiger partial charge in [0.1, 0.15) is 5.82 Å². The first-order chi connectivity index (χ1) is 26.1. The van der Waals surface area contributed by atoms with Gasteiger partial charge in [0.15, 0.2) is 0 Å². The molecule has 0 N–H and O–H groups in total. The third-order valence-electron chi connectivity index (χ3n) is 11.7. The van der Waals surface area contributed by atoms with Crippen LogP contribution in [0.25, 0.3) is 82.8 Å². The molecule has 7 aromatic carbocycles. The Morgan fingerprint density at radius 2 is 1.11 bits per heavy atom. The zero-order valence-electron chi connectivity index (χ0n) is 30.1. The van der Waals surface area contributed by atoms with Crippen LogP contribution in [0.5, 0.6) is 0 Å². The molecule has 11 rings (SSSR count). The smallest absolute Gasteiger partial charge is 0.114 e. The highest BCUT2D eigenvalue weighted by Gasteiger charge is 2.41. The van der Waals surface area contributed by atoms with Gasteiger partial charge in [-0.25, -0.2) is 4.98 Å². The largest absolute Gasteiger partial charge is 0.309 e. The summed E-state index contributed by atoms with van der Waals surface area (Å²) < 4.78 is 7.51. The van der Waals surface area contributed by atoms with Gasteiger partial charge in [-0.3, -0.25) is 4.57 Å². The van der Waals surface area contributed by atoms with E-state index in [0.717, 1.165) is 41.1 Å². The van der Waals surface area contributed by atoms with E-state index in [0.29, 0.717) is 0 Å². The molecule has 254 valence electrons. The second-order valence-electron chi connectivity index (χ2n) is 15.0. The highest BCUT2D eigenvalue weighted by atomic mass is 15.1. The summed E-state index contributed by atoms with van der Waals surface area (Å²) in [7, 11) is 0. The van der Waals surface area contributed by atoms with Crippen LogP contribution < -0.4 is 0 Å². The van der Waals surface area contributed by atoms with Crippen molar-refractivity contribution in [1.29, 1.82) is 0 Å². The van der Waals surface area contributed by atoms with Crippen LogP contribution in [0.3, 0.4) is 0 Å². The van der Waals surface area contributed by atoms with Crippen LogP contribution in [0.15, 0.2) is 152 Å². The van der Waals surface area contributed by atoms with E-state index < -0.39 is 0 Å². The van der Waals surface area contributed by atoms with E-state index in [1.807, 2.05) is 0 Å². The molecule has 53 heavy (non-hydrogen) atoms. The quantitative estimate of drug-likeness (QED) is 0.178. The number of aryl methyl sites for hydroxylation is 1.